The summed E-state index contributed by atoms with van der Waals surface area (Å²) in [6.07, 6.45) is 7.16. The Kier molecular flexibility index (Phi) is 11.4. The lowest BCUT2D eigenvalue weighted by Gasteiger charge is -2.63. The molecule has 0 aromatic carbocycles. The topological polar surface area (TPSA) is 63.2 Å². The largest absolute Gasteiger partial charge is 0.466 e. The highest BCUT2D eigenvalue weighted by molar-refractivity contribution is 5.72. The van der Waals surface area contributed by atoms with Crippen LogP contribution in [0.5, 0.6) is 0 Å². The average molecular weight is 617 g/mol. The summed E-state index contributed by atoms with van der Waals surface area (Å²) in [7, 11) is 3.33. The molecule has 0 radical (unpaired) electrons. The van der Waals surface area contributed by atoms with Crippen molar-refractivity contribution in [2.45, 2.75) is 104 Å². The van der Waals surface area contributed by atoms with Crippen LogP contribution in [-0.2, 0) is 28.5 Å². The minimum absolute atomic E-state index is 0.0216. The smallest absolute Gasteiger partial charge is 0.395 e. The molecule has 12 atom stereocenters. The molecule has 0 unspecified atom stereocenters. The SMILES string of the molecule is CCOC(=O)[C@@H](C)[C@@H](/C=C/[C@@H](C)[C@H]1CC[C@H]2[C@@H]3C[C@H](OCOC)[C@@H]4C[C@H](OCOC)CC[C@]4(C)[C@H]3CC[C@]12C)C(F)(F)F. The van der Waals surface area contributed by atoms with Crippen molar-refractivity contribution in [3.63, 3.8) is 0 Å². The van der Waals surface area contributed by atoms with Gasteiger partial charge in [0.1, 0.15) is 13.6 Å². The molecule has 248 valence electrons. The van der Waals surface area contributed by atoms with Gasteiger partial charge in [-0.15, -0.1) is 0 Å². The van der Waals surface area contributed by atoms with E-state index < -0.39 is 24.0 Å². The van der Waals surface area contributed by atoms with Crippen LogP contribution >= 0.6 is 0 Å². The molecule has 0 aromatic rings. The van der Waals surface area contributed by atoms with Crippen LogP contribution in [0.2, 0.25) is 0 Å². The fourth-order valence-electron chi connectivity index (χ4n) is 10.2. The van der Waals surface area contributed by atoms with E-state index in [2.05, 4.69) is 20.8 Å². The van der Waals surface area contributed by atoms with Gasteiger partial charge in [0.25, 0.3) is 0 Å². The molecule has 0 bridgehead atoms. The zero-order chi connectivity index (χ0) is 31.6. The first-order valence-corrected chi connectivity index (χ1v) is 16.4. The van der Waals surface area contributed by atoms with Gasteiger partial charge >= 0.3 is 12.1 Å². The third kappa shape index (κ3) is 7.00. The van der Waals surface area contributed by atoms with Crippen LogP contribution in [0.1, 0.15) is 86.0 Å². The molecule has 6 nitrogen and oxygen atoms in total. The van der Waals surface area contributed by atoms with Gasteiger partial charge in [0.05, 0.1) is 30.7 Å². The van der Waals surface area contributed by atoms with Crippen molar-refractivity contribution in [3.05, 3.63) is 12.2 Å². The summed E-state index contributed by atoms with van der Waals surface area (Å²) in [4.78, 5) is 12.2. The van der Waals surface area contributed by atoms with Crippen LogP contribution in [0.3, 0.4) is 0 Å². The monoisotopic (exact) mass is 616 g/mol. The second kappa shape index (κ2) is 14.1. The number of alkyl halides is 3. The van der Waals surface area contributed by atoms with Gasteiger partial charge in [-0.1, -0.05) is 39.8 Å². The van der Waals surface area contributed by atoms with Crippen LogP contribution in [0, 0.1) is 58.2 Å². The molecule has 4 saturated carbocycles. The van der Waals surface area contributed by atoms with Gasteiger partial charge < -0.3 is 23.7 Å². The summed E-state index contributed by atoms with van der Waals surface area (Å²) in [5.41, 5.74) is 0.210. The Morgan fingerprint density at radius 1 is 0.884 bits per heavy atom. The maximum Gasteiger partial charge on any atom is 0.395 e. The number of carbonyl (C=O) groups is 1. The number of allylic oxidation sites excluding steroid dienone is 2. The van der Waals surface area contributed by atoms with E-state index in [0.717, 1.165) is 51.4 Å². The van der Waals surface area contributed by atoms with Crippen LogP contribution in [-0.4, -0.2) is 58.8 Å². The fourth-order valence-corrected chi connectivity index (χ4v) is 10.2. The lowest BCUT2D eigenvalue weighted by molar-refractivity contribution is -0.213. The predicted molar refractivity (Wildman–Crippen MR) is 158 cm³/mol. The molecule has 9 heteroatoms. The predicted octanol–water partition coefficient (Wildman–Crippen LogP) is 7.80. The van der Waals surface area contributed by atoms with E-state index in [1.165, 1.54) is 13.0 Å². The van der Waals surface area contributed by atoms with E-state index in [4.69, 9.17) is 23.7 Å². The quantitative estimate of drug-likeness (QED) is 0.127. The highest BCUT2D eigenvalue weighted by Gasteiger charge is 2.63. The highest BCUT2D eigenvalue weighted by atomic mass is 19.4. The van der Waals surface area contributed by atoms with E-state index in [-0.39, 0.29) is 42.4 Å². The van der Waals surface area contributed by atoms with Gasteiger partial charge in [-0.3, -0.25) is 4.79 Å². The normalized spacial score (nSPS) is 39.9. The second-order valence-corrected chi connectivity index (χ2v) is 14.4. The molecular formula is C34H55F3O6. The number of fused-ring (bicyclic) bond motifs is 5. The molecule has 4 aliphatic carbocycles. The van der Waals surface area contributed by atoms with Crippen molar-refractivity contribution in [3.8, 4) is 0 Å². The summed E-state index contributed by atoms with van der Waals surface area (Å²) < 4.78 is 70.0. The van der Waals surface area contributed by atoms with Gasteiger partial charge in [0.2, 0.25) is 0 Å². The van der Waals surface area contributed by atoms with Crippen molar-refractivity contribution in [2.75, 3.05) is 34.4 Å². The highest BCUT2D eigenvalue weighted by Crippen LogP contribution is 2.68. The number of ether oxygens (including phenoxy) is 5. The Labute approximate surface area is 256 Å². The standard InChI is InChI=1S/C34H55F3O6/c1-8-41-31(38)22(3)26(34(35,36)37)10-9-21(2)25-11-12-27-24-18-30(43-20-40-7)29-17-23(42-19-39-6)13-15-33(29,5)28(24)14-16-32(25,27)4/h9-10,21-30H,8,11-20H2,1-7H3/b10-9+/t21-,22+,23-,24+,25-,26-,27+,28+,29+,30+,32-,33-/m1/s1. The number of carbonyl (C=O) groups excluding carboxylic acids is 1. The Morgan fingerprint density at radius 2 is 1.53 bits per heavy atom. The van der Waals surface area contributed by atoms with Crippen molar-refractivity contribution in [1.29, 1.82) is 0 Å². The first-order valence-electron chi connectivity index (χ1n) is 16.4. The fraction of sp³-hybridized carbons (Fsp3) is 0.912. The summed E-state index contributed by atoms with van der Waals surface area (Å²) in [6.45, 7) is 10.5. The molecule has 0 heterocycles. The minimum Gasteiger partial charge on any atom is -0.466 e. The third-order valence-corrected chi connectivity index (χ3v) is 12.3. The first-order chi connectivity index (χ1) is 20.3. The van der Waals surface area contributed by atoms with Gasteiger partial charge in [-0.05, 0) is 105 Å². The van der Waals surface area contributed by atoms with E-state index in [0.29, 0.717) is 36.4 Å². The molecule has 0 saturated heterocycles. The molecule has 0 aromatic heterocycles. The lowest BCUT2D eigenvalue weighted by Crippen LogP contribution is -2.59. The molecule has 0 N–H and O–H groups in total. The van der Waals surface area contributed by atoms with E-state index in [1.807, 2.05) is 0 Å². The Balaban J connectivity index is 1.53. The molecule has 43 heavy (non-hydrogen) atoms. The van der Waals surface area contributed by atoms with Crippen molar-refractivity contribution < 1.29 is 41.7 Å². The molecular weight excluding hydrogens is 561 g/mol. The molecule has 4 rings (SSSR count). The maximum absolute atomic E-state index is 14.0. The molecule has 4 aliphatic rings. The number of hydrogen-bond donors (Lipinski definition) is 0. The number of esters is 1. The average Bonchev–Trinajstić information content (AvgIpc) is 3.31. The van der Waals surface area contributed by atoms with E-state index in [1.54, 1.807) is 27.2 Å². The number of halogens is 3. The molecule has 0 aliphatic heterocycles. The summed E-state index contributed by atoms with van der Waals surface area (Å²) in [5.74, 6) is -1.64. The van der Waals surface area contributed by atoms with Crippen molar-refractivity contribution in [1.82, 2.24) is 0 Å². The van der Waals surface area contributed by atoms with Crippen LogP contribution in [0.25, 0.3) is 0 Å². The lowest BCUT2D eigenvalue weighted by atomic mass is 9.43. The number of methoxy groups -OCH3 is 2. The zero-order valence-corrected chi connectivity index (χ0v) is 27.3. The zero-order valence-electron chi connectivity index (χ0n) is 27.3. The number of rotatable bonds is 12. The van der Waals surface area contributed by atoms with Crippen LogP contribution < -0.4 is 0 Å². The first kappa shape index (κ1) is 34.7. The van der Waals surface area contributed by atoms with Gasteiger partial charge in [0, 0.05) is 14.2 Å². The summed E-state index contributed by atoms with van der Waals surface area (Å²) in [5, 5.41) is 0. The Hall–Kier alpha value is -1.16. The molecule has 0 amide bonds. The van der Waals surface area contributed by atoms with E-state index in [9.17, 15) is 18.0 Å². The third-order valence-electron chi connectivity index (χ3n) is 12.3. The summed E-state index contributed by atoms with van der Waals surface area (Å²) in [6, 6.07) is 0. The van der Waals surface area contributed by atoms with E-state index >= 15 is 0 Å². The molecule has 4 fully saturated rings. The summed E-state index contributed by atoms with van der Waals surface area (Å²) >= 11 is 0. The van der Waals surface area contributed by atoms with Crippen molar-refractivity contribution >= 4 is 5.97 Å². The van der Waals surface area contributed by atoms with Crippen LogP contribution in [0.4, 0.5) is 13.2 Å². The Morgan fingerprint density at radius 3 is 2.19 bits per heavy atom. The van der Waals surface area contributed by atoms with Crippen LogP contribution in [0.15, 0.2) is 12.2 Å². The second-order valence-electron chi connectivity index (χ2n) is 14.4. The Bertz CT molecular complexity index is 957. The minimum atomic E-state index is -4.51. The molecule has 0 spiro atoms. The van der Waals surface area contributed by atoms with Crippen molar-refractivity contribution in [2.24, 2.45) is 58.2 Å². The van der Waals surface area contributed by atoms with Gasteiger partial charge in [-0.25, -0.2) is 0 Å². The van der Waals surface area contributed by atoms with Gasteiger partial charge in [-0.2, -0.15) is 13.2 Å². The number of hydrogen-bond acceptors (Lipinski definition) is 6. The maximum atomic E-state index is 14.0. The van der Waals surface area contributed by atoms with Gasteiger partial charge in [0.15, 0.2) is 0 Å².